The first kappa shape index (κ1) is 13.6. The molecule has 1 atom stereocenters. The van der Waals surface area contributed by atoms with Gasteiger partial charge in [-0.25, -0.2) is 0 Å². The second-order valence-corrected chi connectivity index (χ2v) is 5.70. The Morgan fingerprint density at radius 1 is 0.895 bits per heavy atom. The first-order valence-electron chi connectivity index (χ1n) is 6.83. The first-order chi connectivity index (χ1) is 9.03. The lowest BCUT2D eigenvalue weighted by Crippen LogP contribution is -2.27. The predicted molar refractivity (Wildman–Crippen MR) is 84.1 cm³/mol. The van der Waals surface area contributed by atoms with Gasteiger partial charge >= 0.3 is 0 Å². The quantitative estimate of drug-likeness (QED) is 0.689. The van der Waals surface area contributed by atoms with Gasteiger partial charge in [-0.3, -0.25) is 0 Å². The lowest BCUT2D eigenvalue weighted by molar-refractivity contribution is 0.421. The molecule has 0 aliphatic heterocycles. The topological polar surface area (TPSA) is 0 Å². The molecule has 1 unspecified atom stereocenters. The minimum atomic E-state index is 0.0776. The Bertz CT molecular complexity index is 535. The summed E-state index contributed by atoms with van der Waals surface area (Å²) >= 11 is 0. The number of benzene rings is 2. The second kappa shape index (κ2) is 5.44. The van der Waals surface area contributed by atoms with E-state index >= 15 is 0 Å². The van der Waals surface area contributed by atoms with Gasteiger partial charge in [0, 0.05) is 0 Å². The molecule has 0 fully saturated rings. The van der Waals surface area contributed by atoms with Crippen molar-refractivity contribution < 1.29 is 0 Å². The molecule has 0 nitrogen and oxygen atoms in total. The normalized spacial score (nSPS) is 13.0. The van der Waals surface area contributed by atoms with Crippen molar-refractivity contribution in [3.05, 3.63) is 78.4 Å². The molecule has 2 rings (SSSR count). The summed E-state index contributed by atoms with van der Waals surface area (Å²) < 4.78 is 0. The minimum Gasteiger partial charge on any atom is -0.0949 e. The molecule has 0 N–H and O–H groups in total. The number of hydrogen-bond donors (Lipinski definition) is 0. The third kappa shape index (κ3) is 2.78. The highest BCUT2D eigenvalue weighted by Crippen LogP contribution is 2.38. The van der Waals surface area contributed by atoms with Crippen molar-refractivity contribution in [2.45, 2.75) is 26.2 Å². The third-order valence-corrected chi connectivity index (χ3v) is 4.27. The highest BCUT2D eigenvalue weighted by atomic mass is 14.3. The summed E-state index contributed by atoms with van der Waals surface area (Å²) in [6, 6.07) is 21.2. The Morgan fingerprint density at radius 3 is 1.89 bits per heavy atom. The fourth-order valence-corrected chi connectivity index (χ4v) is 2.46. The summed E-state index contributed by atoms with van der Waals surface area (Å²) in [5, 5.41) is 0. The molecule has 2 aromatic carbocycles. The van der Waals surface area contributed by atoms with E-state index in [1.54, 1.807) is 0 Å². The van der Waals surface area contributed by atoms with Crippen LogP contribution in [-0.2, 0) is 5.41 Å². The van der Waals surface area contributed by atoms with Crippen LogP contribution in [0.2, 0.25) is 0 Å². The Morgan fingerprint density at radius 2 is 1.37 bits per heavy atom. The molecular formula is C19H22. The molecule has 0 aliphatic rings. The van der Waals surface area contributed by atoms with Gasteiger partial charge in [0.05, 0.1) is 0 Å². The van der Waals surface area contributed by atoms with E-state index in [4.69, 9.17) is 0 Å². The van der Waals surface area contributed by atoms with Gasteiger partial charge in [0.1, 0.15) is 0 Å². The molecule has 0 aliphatic carbocycles. The molecule has 98 valence electrons. The van der Waals surface area contributed by atoms with Crippen LogP contribution in [0.5, 0.6) is 0 Å². The van der Waals surface area contributed by atoms with Crippen LogP contribution in [0.25, 0.3) is 5.57 Å². The van der Waals surface area contributed by atoms with Gasteiger partial charge in [-0.05, 0) is 28.0 Å². The molecule has 0 heteroatoms. The van der Waals surface area contributed by atoms with Crippen molar-refractivity contribution in [2.75, 3.05) is 0 Å². The fourth-order valence-electron chi connectivity index (χ4n) is 2.46. The SMILES string of the molecule is C=C(c1ccccc1)C(C)C(C)(C)c1ccccc1. The van der Waals surface area contributed by atoms with Crippen LogP contribution in [0.1, 0.15) is 31.9 Å². The zero-order chi connectivity index (χ0) is 13.9. The van der Waals surface area contributed by atoms with E-state index in [0.29, 0.717) is 5.92 Å². The molecule has 0 radical (unpaired) electrons. The van der Waals surface area contributed by atoms with Crippen LogP contribution in [0.3, 0.4) is 0 Å². The summed E-state index contributed by atoms with van der Waals surface area (Å²) in [5.74, 6) is 0.386. The molecule has 0 saturated carbocycles. The number of rotatable bonds is 4. The summed E-state index contributed by atoms with van der Waals surface area (Å²) in [6.07, 6.45) is 0. The van der Waals surface area contributed by atoms with Gasteiger partial charge < -0.3 is 0 Å². The second-order valence-electron chi connectivity index (χ2n) is 5.70. The van der Waals surface area contributed by atoms with Crippen LogP contribution in [0.15, 0.2) is 67.2 Å². The maximum absolute atomic E-state index is 4.32. The van der Waals surface area contributed by atoms with Gasteiger partial charge in [-0.1, -0.05) is 88.0 Å². The average Bonchev–Trinajstić information content (AvgIpc) is 2.47. The first-order valence-corrected chi connectivity index (χ1v) is 6.83. The summed E-state index contributed by atoms with van der Waals surface area (Å²) in [5.41, 5.74) is 3.88. The average molecular weight is 250 g/mol. The largest absolute Gasteiger partial charge is 0.0949 e. The van der Waals surface area contributed by atoms with Gasteiger partial charge in [0.15, 0.2) is 0 Å². The van der Waals surface area contributed by atoms with Crippen LogP contribution in [-0.4, -0.2) is 0 Å². The predicted octanol–water partition coefficient (Wildman–Crippen LogP) is 5.31. The summed E-state index contributed by atoms with van der Waals surface area (Å²) in [7, 11) is 0. The molecule has 0 aromatic heterocycles. The molecule has 0 amide bonds. The highest BCUT2D eigenvalue weighted by molar-refractivity contribution is 5.66. The smallest absolute Gasteiger partial charge is 0.00376 e. The zero-order valence-corrected chi connectivity index (χ0v) is 12.1. The van der Waals surface area contributed by atoms with Crippen molar-refractivity contribution in [3.63, 3.8) is 0 Å². The van der Waals surface area contributed by atoms with Crippen molar-refractivity contribution in [2.24, 2.45) is 5.92 Å². The number of hydrogen-bond acceptors (Lipinski definition) is 0. The Kier molecular flexibility index (Phi) is 3.90. The molecule has 19 heavy (non-hydrogen) atoms. The van der Waals surface area contributed by atoms with E-state index in [1.165, 1.54) is 16.7 Å². The standard InChI is InChI=1S/C19H22/c1-15(17-11-7-5-8-12-17)16(2)19(3,4)18-13-9-6-10-14-18/h5-14,16H,1H2,2-4H3. The van der Waals surface area contributed by atoms with Gasteiger partial charge in [0.25, 0.3) is 0 Å². The lowest BCUT2D eigenvalue weighted by atomic mass is 9.70. The number of allylic oxidation sites excluding steroid dienone is 1. The Hall–Kier alpha value is -1.82. The lowest BCUT2D eigenvalue weighted by Gasteiger charge is -2.34. The fraction of sp³-hybridized carbons (Fsp3) is 0.263. The monoisotopic (exact) mass is 250 g/mol. The van der Waals surface area contributed by atoms with Crippen molar-refractivity contribution in [1.82, 2.24) is 0 Å². The van der Waals surface area contributed by atoms with Crippen molar-refractivity contribution in [1.29, 1.82) is 0 Å². The van der Waals surface area contributed by atoms with E-state index in [-0.39, 0.29) is 5.41 Å². The van der Waals surface area contributed by atoms with Crippen LogP contribution in [0.4, 0.5) is 0 Å². The van der Waals surface area contributed by atoms with Gasteiger partial charge in [-0.2, -0.15) is 0 Å². The summed E-state index contributed by atoms with van der Waals surface area (Å²) in [4.78, 5) is 0. The van der Waals surface area contributed by atoms with Crippen LogP contribution >= 0.6 is 0 Å². The maximum Gasteiger partial charge on any atom is -0.00376 e. The van der Waals surface area contributed by atoms with Crippen LogP contribution in [0, 0.1) is 5.92 Å². The van der Waals surface area contributed by atoms with E-state index < -0.39 is 0 Å². The van der Waals surface area contributed by atoms with E-state index in [9.17, 15) is 0 Å². The van der Waals surface area contributed by atoms with E-state index in [0.717, 1.165) is 0 Å². The van der Waals surface area contributed by atoms with Gasteiger partial charge in [-0.15, -0.1) is 0 Å². The van der Waals surface area contributed by atoms with E-state index in [1.807, 2.05) is 6.07 Å². The maximum atomic E-state index is 4.32. The minimum absolute atomic E-state index is 0.0776. The highest BCUT2D eigenvalue weighted by Gasteiger charge is 2.29. The summed E-state index contributed by atoms with van der Waals surface area (Å²) in [6.45, 7) is 11.2. The molecule has 0 spiro atoms. The van der Waals surface area contributed by atoms with E-state index in [2.05, 4.69) is 81.9 Å². The molecule has 0 heterocycles. The Balaban J connectivity index is 2.29. The Labute approximate surface area is 116 Å². The van der Waals surface area contributed by atoms with Crippen molar-refractivity contribution in [3.8, 4) is 0 Å². The molecular weight excluding hydrogens is 228 g/mol. The zero-order valence-electron chi connectivity index (χ0n) is 12.1. The molecule has 2 aromatic rings. The molecule has 0 saturated heterocycles. The third-order valence-electron chi connectivity index (χ3n) is 4.27. The van der Waals surface area contributed by atoms with Crippen molar-refractivity contribution >= 4 is 5.57 Å². The van der Waals surface area contributed by atoms with Gasteiger partial charge in [0.2, 0.25) is 0 Å². The molecule has 0 bridgehead atoms. The van der Waals surface area contributed by atoms with Crippen LogP contribution < -0.4 is 0 Å².